The summed E-state index contributed by atoms with van der Waals surface area (Å²) in [4.78, 5) is 10.5. The summed E-state index contributed by atoms with van der Waals surface area (Å²) in [5.74, 6) is 0.710. The van der Waals surface area contributed by atoms with Gasteiger partial charge in [0, 0.05) is 57.0 Å². The molecule has 0 aliphatic rings. The van der Waals surface area contributed by atoms with E-state index < -0.39 is 0 Å². The third-order valence-electron chi connectivity index (χ3n) is 10.5. The molecule has 0 atom stereocenters. The summed E-state index contributed by atoms with van der Waals surface area (Å²) in [5, 5.41) is 7.58. The third kappa shape index (κ3) is 5.30. The molecule has 0 amide bonds. The monoisotopic (exact) mass is 722 g/mol. The van der Waals surface area contributed by atoms with Gasteiger partial charge in [-0.3, -0.25) is 0 Å². The van der Waals surface area contributed by atoms with Gasteiger partial charge in [-0.25, -0.2) is 9.97 Å². The van der Waals surface area contributed by atoms with Crippen LogP contribution in [0, 0.1) is 0 Å². The molecule has 0 N–H and O–H groups in total. The van der Waals surface area contributed by atoms with Gasteiger partial charge >= 0.3 is 0 Å². The smallest absolute Gasteiger partial charge is 0.160 e. The first kappa shape index (κ1) is 31.1. The minimum atomic E-state index is 0.710. The summed E-state index contributed by atoms with van der Waals surface area (Å²) in [6, 6.07) is 65.7. The highest BCUT2D eigenvalue weighted by atomic mass is 32.1. The minimum Gasteiger partial charge on any atom is -0.228 e. The van der Waals surface area contributed by atoms with Crippen LogP contribution in [0.4, 0.5) is 0 Å². The van der Waals surface area contributed by atoms with E-state index in [0.29, 0.717) is 5.82 Å². The molecule has 4 heteroatoms. The van der Waals surface area contributed by atoms with E-state index in [9.17, 15) is 0 Å². The summed E-state index contributed by atoms with van der Waals surface area (Å²) in [6.45, 7) is 0. The third-order valence-corrected chi connectivity index (χ3v) is 12.7. The summed E-state index contributed by atoms with van der Waals surface area (Å²) < 4.78 is 5.20. The Labute approximate surface area is 320 Å². The fourth-order valence-electron chi connectivity index (χ4n) is 7.82. The van der Waals surface area contributed by atoms with Crippen molar-refractivity contribution in [2.45, 2.75) is 0 Å². The zero-order valence-electron chi connectivity index (χ0n) is 29.0. The average molecular weight is 723 g/mol. The average Bonchev–Trinajstić information content (AvgIpc) is 3.81. The molecule has 252 valence electrons. The van der Waals surface area contributed by atoms with Gasteiger partial charge in [-0.05, 0) is 81.6 Å². The zero-order chi connectivity index (χ0) is 35.6. The number of nitrogens with zero attached hydrogens (tertiary/aromatic N) is 2. The Morgan fingerprint density at radius 2 is 0.815 bits per heavy atom. The first-order valence-electron chi connectivity index (χ1n) is 18.1. The molecule has 8 aromatic carbocycles. The van der Waals surface area contributed by atoms with Crippen molar-refractivity contribution in [3.8, 4) is 56.2 Å². The molecule has 11 aromatic rings. The molecule has 54 heavy (non-hydrogen) atoms. The summed E-state index contributed by atoms with van der Waals surface area (Å²) in [6.07, 6.45) is 0. The number of rotatable bonds is 5. The Kier molecular flexibility index (Phi) is 7.25. The van der Waals surface area contributed by atoms with Gasteiger partial charge in [-0.1, -0.05) is 133 Å². The highest BCUT2D eigenvalue weighted by molar-refractivity contribution is 7.26. The van der Waals surface area contributed by atoms with Gasteiger partial charge in [-0.2, -0.15) is 0 Å². The highest BCUT2D eigenvalue weighted by Crippen LogP contribution is 2.41. The molecule has 2 nitrogen and oxygen atoms in total. The zero-order valence-corrected chi connectivity index (χ0v) is 30.7. The van der Waals surface area contributed by atoms with Crippen molar-refractivity contribution in [2.24, 2.45) is 0 Å². The van der Waals surface area contributed by atoms with Crippen LogP contribution in [0.3, 0.4) is 0 Å². The van der Waals surface area contributed by atoms with Crippen molar-refractivity contribution >= 4 is 73.8 Å². The molecule has 0 unspecified atom stereocenters. The summed E-state index contributed by atoms with van der Waals surface area (Å²) in [7, 11) is 0. The van der Waals surface area contributed by atoms with Crippen molar-refractivity contribution in [3.63, 3.8) is 0 Å². The lowest BCUT2D eigenvalue weighted by atomic mass is 9.93. The molecular weight excluding hydrogens is 693 g/mol. The standard InChI is InChI=1S/C50H30N2S2/c1-2-12-32(13-3-1)50-51-44(30-45(52-50)39-18-10-14-31-11-4-5-15-38(31)39)37-26-35(33-21-23-42-40-16-6-8-19-46(40)53-48(42)28-33)25-36(27-37)34-22-24-43-41-17-7-9-20-47(41)54-49(43)29-34/h1-30H. The predicted octanol–water partition coefficient (Wildman–Crippen LogP) is 14.7. The molecule has 11 rings (SSSR count). The summed E-state index contributed by atoms with van der Waals surface area (Å²) >= 11 is 3.71. The van der Waals surface area contributed by atoms with Crippen molar-refractivity contribution < 1.29 is 0 Å². The number of aromatic nitrogens is 2. The van der Waals surface area contributed by atoms with Gasteiger partial charge in [0.15, 0.2) is 5.82 Å². The van der Waals surface area contributed by atoms with E-state index in [1.54, 1.807) is 0 Å². The van der Waals surface area contributed by atoms with E-state index in [2.05, 4.69) is 176 Å². The lowest BCUT2D eigenvalue weighted by molar-refractivity contribution is 1.18. The van der Waals surface area contributed by atoms with E-state index in [1.165, 1.54) is 62.2 Å². The fourth-order valence-corrected chi connectivity index (χ4v) is 10.1. The Morgan fingerprint density at radius 3 is 1.48 bits per heavy atom. The molecule has 0 aliphatic carbocycles. The molecule has 3 heterocycles. The molecule has 0 saturated heterocycles. The Morgan fingerprint density at radius 1 is 0.296 bits per heavy atom. The van der Waals surface area contributed by atoms with Crippen LogP contribution >= 0.6 is 22.7 Å². The van der Waals surface area contributed by atoms with Crippen LogP contribution < -0.4 is 0 Å². The molecule has 0 saturated carbocycles. The molecule has 0 radical (unpaired) electrons. The van der Waals surface area contributed by atoms with Gasteiger partial charge in [0.1, 0.15) is 0 Å². The SMILES string of the molecule is c1ccc(-c2nc(-c3cc(-c4ccc5c(c4)sc4ccccc45)cc(-c4ccc5c(c4)sc4ccccc45)c3)cc(-c3cccc4ccccc34)n2)cc1. The maximum Gasteiger partial charge on any atom is 0.160 e. The van der Waals surface area contributed by atoms with Gasteiger partial charge in [0.05, 0.1) is 11.4 Å². The van der Waals surface area contributed by atoms with E-state index in [4.69, 9.17) is 9.97 Å². The first-order valence-corrected chi connectivity index (χ1v) is 19.8. The normalized spacial score (nSPS) is 11.7. The number of hydrogen-bond acceptors (Lipinski definition) is 4. The van der Waals surface area contributed by atoms with Gasteiger partial charge in [0.2, 0.25) is 0 Å². The lowest BCUT2D eigenvalue weighted by Gasteiger charge is -2.14. The van der Waals surface area contributed by atoms with E-state index >= 15 is 0 Å². The van der Waals surface area contributed by atoms with Crippen LogP contribution in [-0.4, -0.2) is 9.97 Å². The molecule has 0 aliphatic heterocycles. The van der Waals surface area contributed by atoms with E-state index in [0.717, 1.165) is 39.2 Å². The van der Waals surface area contributed by atoms with Crippen LogP contribution in [0.2, 0.25) is 0 Å². The first-order chi connectivity index (χ1) is 26.7. The second-order valence-corrected chi connectivity index (χ2v) is 15.9. The van der Waals surface area contributed by atoms with Crippen LogP contribution in [-0.2, 0) is 0 Å². The molecule has 0 spiro atoms. The maximum atomic E-state index is 5.30. The van der Waals surface area contributed by atoms with Crippen LogP contribution in [0.1, 0.15) is 0 Å². The molecular formula is C50H30N2S2. The topological polar surface area (TPSA) is 25.8 Å². The van der Waals surface area contributed by atoms with Gasteiger partial charge in [-0.15, -0.1) is 22.7 Å². The second kappa shape index (κ2) is 12.6. The van der Waals surface area contributed by atoms with Crippen molar-refractivity contribution in [2.75, 3.05) is 0 Å². The fraction of sp³-hybridized carbons (Fsp3) is 0. The van der Waals surface area contributed by atoms with E-state index in [1.807, 2.05) is 28.7 Å². The molecule has 0 bridgehead atoms. The largest absolute Gasteiger partial charge is 0.228 e. The quantitative estimate of drug-likeness (QED) is 0.177. The Balaban J connectivity index is 1.15. The van der Waals surface area contributed by atoms with Crippen molar-refractivity contribution in [1.29, 1.82) is 0 Å². The number of fused-ring (bicyclic) bond motifs is 7. The Hall–Kier alpha value is -6.46. The Bertz CT molecular complexity index is 3090. The van der Waals surface area contributed by atoms with Crippen LogP contribution in [0.5, 0.6) is 0 Å². The number of hydrogen-bond donors (Lipinski definition) is 0. The minimum absolute atomic E-state index is 0.710. The van der Waals surface area contributed by atoms with Crippen molar-refractivity contribution in [1.82, 2.24) is 9.97 Å². The van der Waals surface area contributed by atoms with Crippen LogP contribution in [0.15, 0.2) is 182 Å². The lowest BCUT2D eigenvalue weighted by Crippen LogP contribution is -1.97. The predicted molar refractivity (Wildman–Crippen MR) is 232 cm³/mol. The second-order valence-electron chi connectivity index (χ2n) is 13.8. The summed E-state index contributed by atoms with van der Waals surface area (Å²) in [5.41, 5.74) is 9.62. The van der Waals surface area contributed by atoms with Crippen LogP contribution in [0.25, 0.3) is 107 Å². The maximum absolute atomic E-state index is 5.30. The highest BCUT2D eigenvalue weighted by Gasteiger charge is 2.16. The van der Waals surface area contributed by atoms with E-state index in [-0.39, 0.29) is 0 Å². The molecule has 0 fully saturated rings. The van der Waals surface area contributed by atoms with Gasteiger partial charge < -0.3 is 0 Å². The number of thiophene rings is 2. The van der Waals surface area contributed by atoms with Crippen molar-refractivity contribution in [3.05, 3.63) is 182 Å². The van der Waals surface area contributed by atoms with Gasteiger partial charge in [0.25, 0.3) is 0 Å². The number of benzene rings is 8. The molecule has 3 aromatic heterocycles.